The fourth-order valence-electron chi connectivity index (χ4n) is 1.57. The van der Waals surface area contributed by atoms with Crippen molar-refractivity contribution in [2.75, 3.05) is 13.1 Å². The van der Waals surface area contributed by atoms with E-state index in [-0.39, 0.29) is 5.91 Å². The molecule has 0 atom stereocenters. The summed E-state index contributed by atoms with van der Waals surface area (Å²) in [5.74, 6) is -0.360. The van der Waals surface area contributed by atoms with E-state index in [4.69, 9.17) is 5.73 Å². The van der Waals surface area contributed by atoms with Gasteiger partial charge in [0, 0.05) is 24.4 Å². The molecule has 90 valence electrons. The smallest absolute Gasteiger partial charge is 0.246 e. The van der Waals surface area contributed by atoms with Crippen molar-refractivity contribution in [1.82, 2.24) is 4.90 Å². The monoisotopic (exact) mass is 222 g/mol. The minimum Gasteiger partial charge on any atom is -0.367 e. The minimum absolute atomic E-state index is 0.360. The van der Waals surface area contributed by atoms with Gasteiger partial charge >= 0.3 is 0 Å². The van der Waals surface area contributed by atoms with E-state index in [1.807, 2.05) is 12.2 Å². The molecule has 0 bridgehead atoms. The second-order valence-corrected chi connectivity index (χ2v) is 3.67. The molecule has 0 rings (SSSR count). The molecule has 0 aliphatic carbocycles. The van der Waals surface area contributed by atoms with Crippen LogP contribution < -0.4 is 5.73 Å². The Morgan fingerprint density at radius 1 is 1.31 bits per heavy atom. The summed E-state index contributed by atoms with van der Waals surface area (Å²) in [6.07, 6.45) is 5.45. The number of hydrogen-bond acceptors (Lipinski definition) is 2. The first-order chi connectivity index (χ1) is 7.58. The number of nitrogens with zero attached hydrogens (tertiary/aromatic N) is 1. The van der Waals surface area contributed by atoms with Crippen LogP contribution in [0.15, 0.2) is 36.6 Å². The molecule has 0 aliphatic heterocycles. The van der Waals surface area contributed by atoms with Gasteiger partial charge in [-0.1, -0.05) is 25.5 Å². The van der Waals surface area contributed by atoms with Crippen LogP contribution in [0.25, 0.3) is 0 Å². The third kappa shape index (κ3) is 4.34. The van der Waals surface area contributed by atoms with Crippen molar-refractivity contribution in [1.29, 1.82) is 0 Å². The van der Waals surface area contributed by atoms with Crippen LogP contribution in [0, 0.1) is 0 Å². The molecule has 0 heterocycles. The van der Waals surface area contributed by atoms with Crippen molar-refractivity contribution < 1.29 is 4.79 Å². The van der Waals surface area contributed by atoms with Gasteiger partial charge in [-0.2, -0.15) is 0 Å². The Bertz CT molecular complexity index is 282. The van der Waals surface area contributed by atoms with E-state index >= 15 is 0 Å². The SMILES string of the molecule is C=CCN(CC=C)/C(CCC)=C(\C)C(N)=O. The zero-order valence-corrected chi connectivity index (χ0v) is 10.3. The van der Waals surface area contributed by atoms with Gasteiger partial charge in [-0.15, -0.1) is 13.2 Å². The van der Waals surface area contributed by atoms with Gasteiger partial charge in [0.2, 0.25) is 5.91 Å². The quantitative estimate of drug-likeness (QED) is 0.505. The van der Waals surface area contributed by atoms with Gasteiger partial charge in [0.1, 0.15) is 0 Å². The molecule has 0 aliphatic rings. The van der Waals surface area contributed by atoms with Crippen molar-refractivity contribution in [2.24, 2.45) is 5.73 Å². The molecule has 16 heavy (non-hydrogen) atoms. The lowest BCUT2D eigenvalue weighted by Crippen LogP contribution is -2.27. The van der Waals surface area contributed by atoms with E-state index in [9.17, 15) is 4.79 Å². The highest BCUT2D eigenvalue weighted by molar-refractivity contribution is 5.92. The maximum absolute atomic E-state index is 11.2. The number of allylic oxidation sites excluding steroid dienone is 1. The van der Waals surface area contributed by atoms with E-state index < -0.39 is 0 Å². The minimum atomic E-state index is -0.360. The molecule has 1 amide bonds. The molecule has 0 aromatic carbocycles. The van der Waals surface area contributed by atoms with Gasteiger partial charge in [0.15, 0.2) is 0 Å². The fraction of sp³-hybridized carbons (Fsp3) is 0.462. The highest BCUT2D eigenvalue weighted by Crippen LogP contribution is 2.16. The van der Waals surface area contributed by atoms with Gasteiger partial charge in [0.25, 0.3) is 0 Å². The Hall–Kier alpha value is -1.51. The Balaban J connectivity index is 5.10. The Morgan fingerprint density at radius 3 is 2.12 bits per heavy atom. The summed E-state index contributed by atoms with van der Waals surface area (Å²) in [6.45, 7) is 12.7. The summed E-state index contributed by atoms with van der Waals surface area (Å²) >= 11 is 0. The largest absolute Gasteiger partial charge is 0.367 e. The molecule has 3 heteroatoms. The average Bonchev–Trinajstić information content (AvgIpc) is 2.24. The zero-order chi connectivity index (χ0) is 12.6. The van der Waals surface area contributed by atoms with Crippen LogP contribution >= 0.6 is 0 Å². The number of rotatable bonds is 8. The van der Waals surface area contributed by atoms with Crippen LogP contribution in [0.3, 0.4) is 0 Å². The number of nitrogens with two attached hydrogens (primary N) is 1. The second kappa shape index (κ2) is 7.74. The summed E-state index contributed by atoms with van der Waals surface area (Å²) in [5.41, 5.74) is 6.95. The van der Waals surface area contributed by atoms with E-state index in [2.05, 4.69) is 25.0 Å². The van der Waals surface area contributed by atoms with Crippen LogP contribution in [0.4, 0.5) is 0 Å². The van der Waals surface area contributed by atoms with Crippen molar-refractivity contribution >= 4 is 5.91 Å². The lowest BCUT2D eigenvalue weighted by atomic mass is 10.1. The van der Waals surface area contributed by atoms with Gasteiger partial charge < -0.3 is 10.6 Å². The first kappa shape index (κ1) is 14.5. The van der Waals surface area contributed by atoms with Crippen molar-refractivity contribution in [3.8, 4) is 0 Å². The highest BCUT2D eigenvalue weighted by Gasteiger charge is 2.12. The molecule has 0 saturated heterocycles. The molecule has 2 N–H and O–H groups in total. The standard InChI is InChI=1S/C13H22N2O/c1-5-8-12(11(4)13(14)16)15(9-6-2)10-7-3/h6-7H,2-3,5,8-10H2,1,4H3,(H2,14,16)/b12-11+. The molecular formula is C13H22N2O. The third-order valence-corrected chi connectivity index (χ3v) is 2.37. The van der Waals surface area contributed by atoms with Gasteiger partial charge in [-0.3, -0.25) is 4.79 Å². The van der Waals surface area contributed by atoms with Crippen LogP contribution in [0.1, 0.15) is 26.7 Å². The van der Waals surface area contributed by atoms with Gasteiger partial charge in [-0.25, -0.2) is 0 Å². The molecule has 0 aromatic heterocycles. The predicted molar refractivity (Wildman–Crippen MR) is 68.8 cm³/mol. The Labute approximate surface area is 98.3 Å². The van der Waals surface area contributed by atoms with Crippen molar-refractivity contribution in [2.45, 2.75) is 26.7 Å². The first-order valence-electron chi connectivity index (χ1n) is 5.54. The van der Waals surface area contributed by atoms with Crippen LogP contribution in [0.5, 0.6) is 0 Å². The van der Waals surface area contributed by atoms with E-state index in [1.165, 1.54) is 0 Å². The third-order valence-electron chi connectivity index (χ3n) is 2.37. The van der Waals surface area contributed by atoms with Gasteiger partial charge in [-0.05, 0) is 13.3 Å². The highest BCUT2D eigenvalue weighted by atomic mass is 16.1. The summed E-state index contributed by atoms with van der Waals surface area (Å²) in [4.78, 5) is 13.3. The van der Waals surface area contributed by atoms with E-state index in [0.29, 0.717) is 18.7 Å². The second-order valence-electron chi connectivity index (χ2n) is 3.67. The predicted octanol–water partition coefficient (Wildman–Crippen LogP) is 2.22. The Morgan fingerprint density at radius 2 is 1.81 bits per heavy atom. The van der Waals surface area contributed by atoms with Crippen LogP contribution in [-0.4, -0.2) is 23.9 Å². The molecular weight excluding hydrogens is 200 g/mol. The number of carbonyl (C=O) groups is 1. The summed E-state index contributed by atoms with van der Waals surface area (Å²) in [6, 6.07) is 0. The molecule has 3 nitrogen and oxygen atoms in total. The van der Waals surface area contributed by atoms with Crippen molar-refractivity contribution in [3.63, 3.8) is 0 Å². The molecule has 0 radical (unpaired) electrons. The van der Waals surface area contributed by atoms with Crippen LogP contribution in [-0.2, 0) is 4.79 Å². The number of carbonyl (C=O) groups excluding carboxylic acids is 1. The first-order valence-corrected chi connectivity index (χ1v) is 5.54. The molecule has 0 unspecified atom stereocenters. The Kier molecular flexibility index (Phi) is 7.01. The van der Waals surface area contributed by atoms with E-state index in [0.717, 1.165) is 18.5 Å². The average molecular weight is 222 g/mol. The summed E-state index contributed by atoms with van der Waals surface area (Å²) in [5, 5.41) is 0. The van der Waals surface area contributed by atoms with Gasteiger partial charge in [0.05, 0.1) is 0 Å². The zero-order valence-electron chi connectivity index (χ0n) is 10.3. The number of amides is 1. The molecule has 0 spiro atoms. The number of hydrogen-bond donors (Lipinski definition) is 1. The summed E-state index contributed by atoms with van der Waals surface area (Å²) in [7, 11) is 0. The topological polar surface area (TPSA) is 46.3 Å². The lowest BCUT2D eigenvalue weighted by molar-refractivity contribution is -0.114. The lowest BCUT2D eigenvalue weighted by Gasteiger charge is -2.26. The molecule has 0 aromatic rings. The number of primary amides is 1. The normalized spacial score (nSPS) is 11.6. The fourth-order valence-corrected chi connectivity index (χ4v) is 1.57. The maximum Gasteiger partial charge on any atom is 0.246 e. The summed E-state index contributed by atoms with van der Waals surface area (Å²) < 4.78 is 0. The van der Waals surface area contributed by atoms with E-state index in [1.54, 1.807) is 6.92 Å². The molecule has 0 fully saturated rings. The van der Waals surface area contributed by atoms with Crippen molar-refractivity contribution in [3.05, 3.63) is 36.6 Å². The maximum atomic E-state index is 11.2. The molecule has 0 saturated carbocycles. The van der Waals surface area contributed by atoms with Crippen LogP contribution in [0.2, 0.25) is 0 Å².